The van der Waals surface area contributed by atoms with Crippen LogP contribution in [0.25, 0.3) is 0 Å². The molecule has 3 aliphatic heterocycles. The number of aliphatic hydroxyl groups is 1. The Bertz CT molecular complexity index is 533. The number of rotatable bonds is 1. The van der Waals surface area contributed by atoms with Crippen molar-refractivity contribution in [2.24, 2.45) is 0 Å². The van der Waals surface area contributed by atoms with Gasteiger partial charge in [-0.05, 0) is 37.6 Å². The van der Waals surface area contributed by atoms with E-state index in [0.29, 0.717) is 39.3 Å². The number of fused-ring (bicyclic) bond motifs is 3. The molecule has 2 unspecified atom stereocenters. The minimum Gasteiger partial charge on any atom is -0.486 e. The van der Waals surface area contributed by atoms with Gasteiger partial charge in [-0.2, -0.15) is 0 Å². The van der Waals surface area contributed by atoms with Gasteiger partial charge in [0.15, 0.2) is 11.5 Å². The molecule has 1 aromatic rings. The number of piperidine rings is 1. The van der Waals surface area contributed by atoms with Crippen LogP contribution in [0.3, 0.4) is 0 Å². The Hall–Kier alpha value is -1.30. The molecule has 4 rings (SSSR count). The molecule has 0 radical (unpaired) electrons. The molecule has 0 saturated carbocycles. The number of likely N-dealkylation sites (N-methyl/N-ethyl adjacent to an activating group) is 1. The van der Waals surface area contributed by atoms with Gasteiger partial charge in [0.25, 0.3) is 0 Å². The van der Waals surface area contributed by atoms with Gasteiger partial charge in [-0.15, -0.1) is 0 Å². The highest BCUT2D eigenvalue weighted by molar-refractivity contribution is 5.45. The van der Waals surface area contributed by atoms with Crippen molar-refractivity contribution in [1.29, 1.82) is 0 Å². The second kappa shape index (κ2) is 4.87. The fraction of sp³-hybridized carbons (Fsp3) is 0.625. The Morgan fingerprint density at radius 2 is 1.76 bits per heavy atom. The van der Waals surface area contributed by atoms with E-state index >= 15 is 0 Å². The third-order valence-corrected chi connectivity index (χ3v) is 5.00. The first-order chi connectivity index (χ1) is 10.2. The zero-order valence-corrected chi connectivity index (χ0v) is 12.2. The first kappa shape index (κ1) is 13.4. The first-order valence-corrected chi connectivity index (χ1v) is 7.58. The molecule has 1 N–H and O–H groups in total. The molecule has 2 atom stereocenters. The van der Waals surface area contributed by atoms with Crippen LogP contribution in [0.2, 0.25) is 0 Å². The van der Waals surface area contributed by atoms with Gasteiger partial charge in [0.1, 0.15) is 13.2 Å². The number of hydrogen-bond donors (Lipinski definition) is 1. The van der Waals surface area contributed by atoms with E-state index < -0.39 is 5.60 Å². The molecule has 0 aliphatic carbocycles. The molecule has 3 aliphatic rings. The van der Waals surface area contributed by atoms with E-state index in [-0.39, 0.29) is 12.1 Å². The van der Waals surface area contributed by atoms with Gasteiger partial charge in [-0.1, -0.05) is 6.07 Å². The van der Waals surface area contributed by atoms with Crippen molar-refractivity contribution in [1.82, 2.24) is 4.90 Å². The number of nitrogens with zero attached hydrogens (tertiary/aromatic N) is 1. The highest BCUT2D eigenvalue weighted by atomic mass is 16.6. The van der Waals surface area contributed by atoms with Gasteiger partial charge in [0.2, 0.25) is 0 Å². The van der Waals surface area contributed by atoms with E-state index in [9.17, 15) is 5.11 Å². The number of benzene rings is 1. The Morgan fingerprint density at radius 3 is 2.48 bits per heavy atom. The lowest BCUT2D eigenvalue weighted by Gasteiger charge is -2.50. The molecular formula is C16H21NO4. The third-order valence-electron chi connectivity index (χ3n) is 5.00. The molecule has 1 aromatic carbocycles. The summed E-state index contributed by atoms with van der Waals surface area (Å²) in [5.74, 6) is 1.51. The second-order valence-corrected chi connectivity index (χ2v) is 6.31. The van der Waals surface area contributed by atoms with E-state index in [2.05, 4.69) is 11.9 Å². The molecule has 2 fully saturated rings. The van der Waals surface area contributed by atoms with E-state index in [1.54, 1.807) is 0 Å². The maximum Gasteiger partial charge on any atom is 0.161 e. The molecule has 114 valence electrons. The van der Waals surface area contributed by atoms with Crippen molar-refractivity contribution in [2.75, 3.05) is 33.5 Å². The summed E-state index contributed by atoms with van der Waals surface area (Å²) in [6.45, 7) is 2.54. The number of hydrogen-bond acceptors (Lipinski definition) is 5. The smallest absolute Gasteiger partial charge is 0.161 e. The summed E-state index contributed by atoms with van der Waals surface area (Å²) < 4.78 is 16.8. The summed E-state index contributed by atoms with van der Waals surface area (Å²) in [6.07, 6.45) is 1.39. The lowest BCUT2D eigenvalue weighted by atomic mass is 9.77. The van der Waals surface area contributed by atoms with Crippen molar-refractivity contribution < 1.29 is 19.3 Å². The molecule has 0 aromatic heterocycles. The normalized spacial score (nSPS) is 35.5. The number of ether oxygens (including phenoxy) is 3. The molecular weight excluding hydrogens is 270 g/mol. The first-order valence-electron chi connectivity index (χ1n) is 7.58. The van der Waals surface area contributed by atoms with Crippen LogP contribution in [0.4, 0.5) is 0 Å². The van der Waals surface area contributed by atoms with Crippen LogP contribution < -0.4 is 9.47 Å². The quantitative estimate of drug-likeness (QED) is 0.841. The highest BCUT2D eigenvalue weighted by Gasteiger charge is 2.45. The summed E-state index contributed by atoms with van der Waals surface area (Å²) in [7, 11) is 2.13. The maximum atomic E-state index is 11.2. The lowest BCUT2D eigenvalue weighted by Crippen LogP contribution is -2.59. The lowest BCUT2D eigenvalue weighted by molar-refractivity contribution is -0.137. The highest BCUT2D eigenvalue weighted by Crippen LogP contribution is 2.43. The van der Waals surface area contributed by atoms with Crippen LogP contribution in [0.15, 0.2) is 18.2 Å². The van der Waals surface area contributed by atoms with Crippen LogP contribution in [0.5, 0.6) is 11.5 Å². The minimum atomic E-state index is -0.804. The predicted molar refractivity (Wildman–Crippen MR) is 76.7 cm³/mol. The van der Waals surface area contributed by atoms with E-state index in [1.165, 1.54) is 0 Å². The van der Waals surface area contributed by atoms with Gasteiger partial charge < -0.3 is 19.3 Å². The van der Waals surface area contributed by atoms with Crippen molar-refractivity contribution in [2.45, 2.75) is 30.5 Å². The zero-order valence-electron chi connectivity index (χ0n) is 12.2. The van der Waals surface area contributed by atoms with Gasteiger partial charge in [0.05, 0.1) is 18.8 Å². The largest absolute Gasteiger partial charge is 0.486 e. The Labute approximate surface area is 124 Å². The predicted octanol–water partition coefficient (Wildman–Crippen LogP) is 1.14. The number of morpholine rings is 1. The SMILES string of the molecule is CN1C2COCC1CC(O)(c1ccc3c(c1)OCCO3)C2. The summed E-state index contributed by atoms with van der Waals surface area (Å²) >= 11 is 0. The summed E-state index contributed by atoms with van der Waals surface area (Å²) in [5, 5.41) is 11.2. The standard InChI is InChI=1S/C16H21NO4/c1-17-12-7-16(18,8-13(17)10-19-9-12)11-2-3-14-15(6-11)21-5-4-20-14/h2-3,6,12-13,18H,4-5,7-10H2,1H3. The molecule has 0 spiro atoms. The van der Waals surface area contributed by atoms with Crippen molar-refractivity contribution in [3.05, 3.63) is 23.8 Å². The second-order valence-electron chi connectivity index (χ2n) is 6.31. The Morgan fingerprint density at radius 1 is 1.10 bits per heavy atom. The van der Waals surface area contributed by atoms with Gasteiger partial charge >= 0.3 is 0 Å². The van der Waals surface area contributed by atoms with E-state index in [1.807, 2.05) is 18.2 Å². The average molecular weight is 291 g/mol. The maximum absolute atomic E-state index is 11.2. The van der Waals surface area contributed by atoms with E-state index in [0.717, 1.165) is 17.1 Å². The van der Waals surface area contributed by atoms with Crippen molar-refractivity contribution in [3.63, 3.8) is 0 Å². The van der Waals surface area contributed by atoms with Crippen molar-refractivity contribution in [3.8, 4) is 11.5 Å². The molecule has 2 bridgehead atoms. The molecule has 21 heavy (non-hydrogen) atoms. The minimum absolute atomic E-state index is 0.274. The summed E-state index contributed by atoms with van der Waals surface area (Å²) in [6, 6.07) is 6.37. The fourth-order valence-electron chi connectivity index (χ4n) is 3.71. The monoisotopic (exact) mass is 291 g/mol. The van der Waals surface area contributed by atoms with Gasteiger partial charge in [-0.25, -0.2) is 0 Å². The van der Waals surface area contributed by atoms with Crippen LogP contribution in [0, 0.1) is 0 Å². The Kier molecular flexibility index (Phi) is 3.10. The molecule has 0 amide bonds. The fourth-order valence-corrected chi connectivity index (χ4v) is 3.71. The van der Waals surface area contributed by atoms with Crippen LogP contribution in [-0.4, -0.2) is 55.6 Å². The zero-order chi connectivity index (χ0) is 14.4. The molecule has 3 heterocycles. The molecule has 5 heteroatoms. The average Bonchev–Trinajstić information content (AvgIpc) is 2.49. The van der Waals surface area contributed by atoms with Crippen LogP contribution in [-0.2, 0) is 10.3 Å². The summed E-state index contributed by atoms with van der Waals surface area (Å²) in [4.78, 5) is 2.34. The third kappa shape index (κ3) is 2.20. The molecule has 2 saturated heterocycles. The van der Waals surface area contributed by atoms with Crippen LogP contribution in [0.1, 0.15) is 18.4 Å². The van der Waals surface area contributed by atoms with Crippen molar-refractivity contribution >= 4 is 0 Å². The van der Waals surface area contributed by atoms with Crippen LogP contribution >= 0.6 is 0 Å². The van der Waals surface area contributed by atoms with Gasteiger partial charge in [0, 0.05) is 12.1 Å². The molecule has 5 nitrogen and oxygen atoms in total. The van der Waals surface area contributed by atoms with E-state index in [4.69, 9.17) is 14.2 Å². The summed E-state index contributed by atoms with van der Waals surface area (Å²) in [5.41, 5.74) is 0.123. The topological polar surface area (TPSA) is 51.2 Å². The Balaban J connectivity index is 1.66. The van der Waals surface area contributed by atoms with Gasteiger partial charge in [-0.3, -0.25) is 4.90 Å².